The lowest BCUT2D eigenvalue weighted by Crippen LogP contribution is -2.63. The SMILES string of the molecule is CCC1CNC(C)(C2CC2)CN1Cc1ncccc1C. The van der Waals surface area contributed by atoms with Crippen molar-refractivity contribution in [3.8, 4) is 0 Å². The third kappa shape index (κ3) is 2.75. The quantitative estimate of drug-likeness (QED) is 0.914. The first-order valence-electron chi connectivity index (χ1n) is 8.02. The van der Waals surface area contributed by atoms with E-state index in [0.717, 1.165) is 25.6 Å². The highest BCUT2D eigenvalue weighted by Gasteiger charge is 2.45. The summed E-state index contributed by atoms with van der Waals surface area (Å²) in [7, 11) is 0. The number of piperazine rings is 1. The number of aromatic nitrogens is 1. The fourth-order valence-corrected chi connectivity index (χ4v) is 3.54. The van der Waals surface area contributed by atoms with Crippen molar-refractivity contribution >= 4 is 0 Å². The van der Waals surface area contributed by atoms with Gasteiger partial charge in [-0.15, -0.1) is 0 Å². The maximum absolute atomic E-state index is 4.59. The highest BCUT2D eigenvalue weighted by Crippen LogP contribution is 2.41. The van der Waals surface area contributed by atoms with Crippen LogP contribution < -0.4 is 5.32 Å². The fraction of sp³-hybridized carbons (Fsp3) is 0.706. The van der Waals surface area contributed by atoms with Crippen LogP contribution in [0.25, 0.3) is 0 Å². The maximum atomic E-state index is 4.59. The minimum atomic E-state index is 0.314. The molecule has 2 heterocycles. The molecule has 3 heteroatoms. The molecule has 3 rings (SSSR count). The van der Waals surface area contributed by atoms with Crippen LogP contribution in [-0.2, 0) is 6.54 Å². The van der Waals surface area contributed by atoms with E-state index in [1.807, 2.05) is 12.3 Å². The van der Waals surface area contributed by atoms with Crippen LogP contribution in [-0.4, -0.2) is 34.6 Å². The number of aryl methyl sites for hydroxylation is 1. The Morgan fingerprint density at radius 2 is 2.25 bits per heavy atom. The van der Waals surface area contributed by atoms with Gasteiger partial charge in [-0.2, -0.15) is 0 Å². The lowest BCUT2D eigenvalue weighted by Gasteiger charge is -2.46. The van der Waals surface area contributed by atoms with Crippen molar-refractivity contribution < 1.29 is 0 Å². The van der Waals surface area contributed by atoms with Crippen LogP contribution in [0.1, 0.15) is 44.4 Å². The predicted molar refractivity (Wildman–Crippen MR) is 82.6 cm³/mol. The molecule has 20 heavy (non-hydrogen) atoms. The topological polar surface area (TPSA) is 28.2 Å². The van der Waals surface area contributed by atoms with Gasteiger partial charge in [0.05, 0.1) is 5.69 Å². The summed E-state index contributed by atoms with van der Waals surface area (Å²) in [6.45, 7) is 10.2. The van der Waals surface area contributed by atoms with Gasteiger partial charge in [0.15, 0.2) is 0 Å². The van der Waals surface area contributed by atoms with Gasteiger partial charge in [0, 0.05) is 37.4 Å². The Balaban J connectivity index is 1.75. The minimum absolute atomic E-state index is 0.314. The molecule has 0 bridgehead atoms. The molecule has 2 atom stereocenters. The summed E-state index contributed by atoms with van der Waals surface area (Å²) < 4.78 is 0. The van der Waals surface area contributed by atoms with Gasteiger partial charge in [-0.3, -0.25) is 9.88 Å². The molecule has 1 aliphatic heterocycles. The summed E-state index contributed by atoms with van der Waals surface area (Å²) in [5.41, 5.74) is 2.87. The minimum Gasteiger partial charge on any atom is -0.308 e. The number of nitrogens with one attached hydrogen (secondary N) is 1. The van der Waals surface area contributed by atoms with Gasteiger partial charge in [-0.25, -0.2) is 0 Å². The van der Waals surface area contributed by atoms with Crippen molar-refractivity contribution in [2.24, 2.45) is 5.92 Å². The molecule has 110 valence electrons. The Morgan fingerprint density at radius 3 is 2.90 bits per heavy atom. The van der Waals surface area contributed by atoms with E-state index in [9.17, 15) is 0 Å². The first-order chi connectivity index (χ1) is 9.62. The molecule has 0 spiro atoms. The highest BCUT2D eigenvalue weighted by molar-refractivity contribution is 5.18. The summed E-state index contributed by atoms with van der Waals surface area (Å²) in [6, 6.07) is 4.84. The number of pyridine rings is 1. The second-order valence-electron chi connectivity index (χ2n) is 6.81. The molecule has 1 saturated heterocycles. The molecule has 1 N–H and O–H groups in total. The number of rotatable bonds is 4. The Bertz CT molecular complexity index is 469. The first-order valence-corrected chi connectivity index (χ1v) is 8.02. The third-order valence-corrected chi connectivity index (χ3v) is 5.21. The molecule has 0 aromatic carbocycles. The predicted octanol–water partition coefficient (Wildman–Crippen LogP) is 2.74. The monoisotopic (exact) mass is 273 g/mol. The molecule has 0 radical (unpaired) electrons. The summed E-state index contributed by atoms with van der Waals surface area (Å²) >= 11 is 0. The summed E-state index contributed by atoms with van der Waals surface area (Å²) in [6.07, 6.45) is 5.93. The Kier molecular flexibility index (Phi) is 3.83. The lowest BCUT2D eigenvalue weighted by atomic mass is 9.90. The summed E-state index contributed by atoms with van der Waals surface area (Å²) in [4.78, 5) is 7.24. The largest absolute Gasteiger partial charge is 0.308 e. The van der Waals surface area contributed by atoms with Crippen molar-refractivity contribution in [1.82, 2.24) is 15.2 Å². The third-order valence-electron chi connectivity index (χ3n) is 5.21. The second-order valence-corrected chi connectivity index (χ2v) is 6.81. The molecule has 1 aliphatic carbocycles. The lowest BCUT2D eigenvalue weighted by molar-refractivity contribution is 0.0654. The van der Waals surface area contributed by atoms with Gasteiger partial charge < -0.3 is 5.32 Å². The van der Waals surface area contributed by atoms with Crippen LogP contribution in [0, 0.1) is 12.8 Å². The standard InChI is InChI=1S/C17H27N3/c1-4-15-10-19-17(3,14-7-8-14)12-20(15)11-16-13(2)6-5-9-18-16/h5-6,9,14-15,19H,4,7-8,10-12H2,1-3H3. The second kappa shape index (κ2) is 5.45. The highest BCUT2D eigenvalue weighted by atomic mass is 15.3. The van der Waals surface area contributed by atoms with Crippen LogP contribution in [0.5, 0.6) is 0 Å². The van der Waals surface area contributed by atoms with Gasteiger partial charge in [-0.05, 0) is 50.7 Å². The van der Waals surface area contributed by atoms with E-state index in [1.54, 1.807) is 0 Å². The molecule has 3 nitrogen and oxygen atoms in total. The van der Waals surface area contributed by atoms with Crippen LogP contribution in [0.4, 0.5) is 0 Å². The molecular weight excluding hydrogens is 246 g/mol. The Morgan fingerprint density at radius 1 is 1.45 bits per heavy atom. The van der Waals surface area contributed by atoms with Crippen LogP contribution in [0.3, 0.4) is 0 Å². The zero-order valence-electron chi connectivity index (χ0n) is 13.0. The van der Waals surface area contributed by atoms with Crippen molar-refractivity contribution in [3.63, 3.8) is 0 Å². The van der Waals surface area contributed by atoms with Crippen molar-refractivity contribution in [2.75, 3.05) is 13.1 Å². The molecular formula is C17H27N3. The Hall–Kier alpha value is -0.930. The number of hydrogen-bond acceptors (Lipinski definition) is 3. The van der Waals surface area contributed by atoms with Gasteiger partial charge in [0.1, 0.15) is 0 Å². The van der Waals surface area contributed by atoms with E-state index in [2.05, 4.69) is 42.0 Å². The molecule has 2 fully saturated rings. The van der Waals surface area contributed by atoms with Crippen LogP contribution in [0.2, 0.25) is 0 Å². The average Bonchev–Trinajstić information content (AvgIpc) is 3.27. The molecule has 1 aromatic rings. The number of nitrogens with zero attached hydrogens (tertiary/aromatic N) is 2. The maximum Gasteiger partial charge on any atom is 0.0573 e. The first kappa shape index (κ1) is 14.0. The van der Waals surface area contributed by atoms with E-state index in [-0.39, 0.29) is 0 Å². The molecule has 1 saturated carbocycles. The van der Waals surface area contributed by atoms with Gasteiger partial charge in [0.25, 0.3) is 0 Å². The molecule has 2 unspecified atom stereocenters. The average molecular weight is 273 g/mol. The molecule has 0 amide bonds. The van der Waals surface area contributed by atoms with Crippen molar-refractivity contribution in [3.05, 3.63) is 29.6 Å². The van der Waals surface area contributed by atoms with Crippen molar-refractivity contribution in [1.29, 1.82) is 0 Å². The summed E-state index contributed by atoms with van der Waals surface area (Å²) in [5, 5.41) is 3.83. The fourth-order valence-electron chi connectivity index (χ4n) is 3.54. The van der Waals surface area contributed by atoms with Crippen LogP contribution >= 0.6 is 0 Å². The summed E-state index contributed by atoms with van der Waals surface area (Å²) in [5.74, 6) is 0.882. The smallest absolute Gasteiger partial charge is 0.0573 e. The van der Waals surface area contributed by atoms with Crippen molar-refractivity contribution in [2.45, 2.75) is 58.2 Å². The zero-order chi connectivity index (χ0) is 14.2. The van der Waals surface area contributed by atoms with E-state index in [4.69, 9.17) is 0 Å². The van der Waals surface area contributed by atoms with E-state index < -0.39 is 0 Å². The van der Waals surface area contributed by atoms with E-state index in [1.165, 1.54) is 30.5 Å². The van der Waals surface area contributed by atoms with E-state index >= 15 is 0 Å². The van der Waals surface area contributed by atoms with Gasteiger partial charge in [-0.1, -0.05) is 13.0 Å². The van der Waals surface area contributed by atoms with E-state index in [0.29, 0.717) is 11.6 Å². The van der Waals surface area contributed by atoms with Gasteiger partial charge >= 0.3 is 0 Å². The molecule has 1 aromatic heterocycles. The number of hydrogen-bond donors (Lipinski definition) is 1. The molecule has 2 aliphatic rings. The van der Waals surface area contributed by atoms with Crippen LogP contribution in [0.15, 0.2) is 18.3 Å². The normalized spacial score (nSPS) is 31.4. The zero-order valence-corrected chi connectivity index (χ0v) is 13.0. The Labute approximate surface area is 122 Å². The van der Waals surface area contributed by atoms with Gasteiger partial charge in [0.2, 0.25) is 0 Å².